The Balaban J connectivity index is 1.85. The maximum atomic E-state index is 12.1. The number of halogens is 1. The van der Waals surface area contributed by atoms with Crippen LogP contribution in [0.4, 0.5) is 0 Å². The lowest BCUT2D eigenvalue weighted by molar-refractivity contribution is -0.126. The van der Waals surface area contributed by atoms with Crippen LogP contribution in [0.15, 0.2) is 24.3 Å². The zero-order valence-corrected chi connectivity index (χ0v) is 12.0. The van der Waals surface area contributed by atoms with E-state index >= 15 is 0 Å². The highest BCUT2D eigenvalue weighted by Gasteiger charge is 2.22. The lowest BCUT2D eigenvalue weighted by Gasteiger charge is -2.24. The van der Waals surface area contributed by atoms with Crippen LogP contribution in [0.5, 0.6) is 0 Å². The first kappa shape index (κ1) is 14.4. The second kappa shape index (κ2) is 6.92. The lowest BCUT2D eigenvalue weighted by Crippen LogP contribution is -2.44. The molecule has 1 saturated heterocycles. The van der Waals surface area contributed by atoms with Gasteiger partial charge in [0.1, 0.15) is 0 Å². The summed E-state index contributed by atoms with van der Waals surface area (Å²) in [6, 6.07) is 7.89. The molecule has 1 amide bonds. The quantitative estimate of drug-likeness (QED) is 0.889. The van der Waals surface area contributed by atoms with E-state index in [1.807, 2.05) is 31.2 Å². The molecule has 1 fully saturated rings. The number of amides is 1. The minimum absolute atomic E-state index is 0.106. The van der Waals surface area contributed by atoms with Crippen LogP contribution in [0.3, 0.4) is 0 Å². The van der Waals surface area contributed by atoms with Gasteiger partial charge >= 0.3 is 0 Å². The molecule has 1 heterocycles. The van der Waals surface area contributed by atoms with E-state index in [0.717, 1.165) is 42.9 Å². The fourth-order valence-corrected chi connectivity index (χ4v) is 2.69. The Morgan fingerprint density at radius 2 is 2.32 bits per heavy atom. The molecule has 2 rings (SSSR count). The molecule has 4 heteroatoms. The maximum Gasteiger partial charge on any atom is 0.224 e. The summed E-state index contributed by atoms with van der Waals surface area (Å²) in [7, 11) is 0. The maximum absolute atomic E-state index is 12.1. The van der Waals surface area contributed by atoms with Crippen molar-refractivity contribution in [3.05, 3.63) is 34.9 Å². The summed E-state index contributed by atoms with van der Waals surface area (Å²) in [6.07, 6.45) is 2.83. The van der Waals surface area contributed by atoms with Crippen molar-refractivity contribution in [2.75, 3.05) is 13.1 Å². The smallest absolute Gasteiger partial charge is 0.224 e. The van der Waals surface area contributed by atoms with Crippen LogP contribution in [-0.4, -0.2) is 25.0 Å². The fourth-order valence-electron chi connectivity index (χ4n) is 2.48. The van der Waals surface area contributed by atoms with Gasteiger partial charge in [-0.3, -0.25) is 4.79 Å². The van der Waals surface area contributed by atoms with Crippen LogP contribution >= 0.6 is 11.6 Å². The predicted octanol–water partition coefficient (Wildman–Crippen LogP) is 2.39. The topological polar surface area (TPSA) is 41.1 Å². The minimum atomic E-state index is 0.106. The fraction of sp³-hybridized carbons (Fsp3) is 0.533. The molecular formula is C15H21ClN2O. The van der Waals surface area contributed by atoms with Crippen LogP contribution in [0.25, 0.3) is 0 Å². The van der Waals surface area contributed by atoms with Crippen molar-refractivity contribution in [1.82, 2.24) is 10.6 Å². The Hall–Kier alpha value is -1.06. The Morgan fingerprint density at radius 3 is 3.00 bits per heavy atom. The van der Waals surface area contributed by atoms with Gasteiger partial charge in [-0.15, -0.1) is 0 Å². The highest BCUT2D eigenvalue weighted by Crippen LogP contribution is 2.17. The number of rotatable bonds is 4. The van der Waals surface area contributed by atoms with Gasteiger partial charge in [0.05, 0.1) is 5.92 Å². The number of carbonyl (C=O) groups is 1. The van der Waals surface area contributed by atoms with Crippen molar-refractivity contribution >= 4 is 17.5 Å². The number of hydrogen-bond acceptors (Lipinski definition) is 2. The standard InChI is InChI=1S/C15H21ClN2O/c1-11(9-12-5-2-3-7-14(12)16)18-15(19)13-6-4-8-17-10-13/h2-3,5,7,11,13,17H,4,6,8-10H2,1H3,(H,18,19). The molecule has 0 saturated carbocycles. The first-order valence-corrected chi connectivity index (χ1v) is 7.29. The normalized spacial score (nSPS) is 20.8. The van der Waals surface area contributed by atoms with Crippen LogP contribution in [-0.2, 0) is 11.2 Å². The highest BCUT2D eigenvalue weighted by molar-refractivity contribution is 6.31. The zero-order chi connectivity index (χ0) is 13.7. The summed E-state index contributed by atoms with van der Waals surface area (Å²) in [5.74, 6) is 0.272. The SMILES string of the molecule is CC(Cc1ccccc1Cl)NC(=O)C1CCCNC1. The summed E-state index contributed by atoms with van der Waals surface area (Å²) in [5, 5.41) is 7.12. The van der Waals surface area contributed by atoms with Crippen molar-refractivity contribution in [2.45, 2.75) is 32.2 Å². The molecule has 19 heavy (non-hydrogen) atoms. The summed E-state index contributed by atoms with van der Waals surface area (Å²) >= 11 is 6.13. The van der Waals surface area contributed by atoms with Gasteiger partial charge < -0.3 is 10.6 Å². The van der Waals surface area contributed by atoms with Crippen molar-refractivity contribution in [1.29, 1.82) is 0 Å². The Morgan fingerprint density at radius 1 is 1.53 bits per heavy atom. The summed E-state index contributed by atoms with van der Waals surface area (Å²) in [5.41, 5.74) is 1.08. The molecule has 0 radical (unpaired) electrons. The monoisotopic (exact) mass is 280 g/mol. The average molecular weight is 281 g/mol. The van der Waals surface area contributed by atoms with E-state index in [-0.39, 0.29) is 17.9 Å². The zero-order valence-electron chi connectivity index (χ0n) is 11.3. The van der Waals surface area contributed by atoms with Crippen LogP contribution < -0.4 is 10.6 Å². The summed E-state index contributed by atoms with van der Waals surface area (Å²) < 4.78 is 0. The second-order valence-electron chi connectivity index (χ2n) is 5.25. The van der Waals surface area contributed by atoms with Crippen LogP contribution in [0.2, 0.25) is 5.02 Å². The van der Waals surface area contributed by atoms with E-state index < -0.39 is 0 Å². The third kappa shape index (κ3) is 4.22. The summed E-state index contributed by atoms with van der Waals surface area (Å²) in [6.45, 7) is 3.85. The Labute approximate surface area is 119 Å². The van der Waals surface area contributed by atoms with E-state index in [4.69, 9.17) is 11.6 Å². The van der Waals surface area contributed by atoms with E-state index in [2.05, 4.69) is 10.6 Å². The molecule has 2 atom stereocenters. The first-order valence-electron chi connectivity index (χ1n) is 6.91. The van der Waals surface area contributed by atoms with Gasteiger partial charge in [0.2, 0.25) is 5.91 Å². The van der Waals surface area contributed by atoms with E-state index in [9.17, 15) is 4.79 Å². The average Bonchev–Trinajstić information content (AvgIpc) is 2.42. The molecule has 2 N–H and O–H groups in total. The van der Waals surface area contributed by atoms with Gasteiger partial charge in [-0.2, -0.15) is 0 Å². The largest absolute Gasteiger partial charge is 0.353 e. The summed E-state index contributed by atoms with van der Waals surface area (Å²) in [4.78, 5) is 12.1. The van der Waals surface area contributed by atoms with Crippen LogP contribution in [0, 0.1) is 5.92 Å². The van der Waals surface area contributed by atoms with Gasteiger partial charge in [-0.05, 0) is 44.4 Å². The third-order valence-electron chi connectivity index (χ3n) is 3.54. The molecule has 2 unspecified atom stereocenters. The molecular weight excluding hydrogens is 260 g/mol. The molecule has 3 nitrogen and oxygen atoms in total. The number of hydrogen-bond donors (Lipinski definition) is 2. The molecule has 0 aliphatic carbocycles. The molecule has 1 aliphatic rings. The predicted molar refractivity (Wildman–Crippen MR) is 78.4 cm³/mol. The Bertz CT molecular complexity index is 430. The minimum Gasteiger partial charge on any atom is -0.353 e. The molecule has 104 valence electrons. The number of nitrogens with one attached hydrogen (secondary N) is 2. The lowest BCUT2D eigenvalue weighted by atomic mass is 9.98. The van der Waals surface area contributed by atoms with Gasteiger partial charge in [0.15, 0.2) is 0 Å². The van der Waals surface area contributed by atoms with Gasteiger partial charge in [0.25, 0.3) is 0 Å². The van der Waals surface area contributed by atoms with E-state index in [0.29, 0.717) is 0 Å². The van der Waals surface area contributed by atoms with Gasteiger partial charge in [-0.25, -0.2) is 0 Å². The molecule has 0 spiro atoms. The van der Waals surface area contributed by atoms with Crippen molar-refractivity contribution in [2.24, 2.45) is 5.92 Å². The number of benzene rings is 1. The van der Waals surface area contributed by atoms with Gasteiger partial charge in [-0.1, -0.05) is 29.8 Å². The number of piperidine rings is 1. The van der Waals surface area contributed by atoms with Crippen molar-refractivity contribution in [3.63, 3.8) is 0 Å². The molecule has 1 aliphatic heterocycles. The van der Waals surface area contributed by atoms with E-state index in [1.54, 1.807) is 0 Å². The first-order chi connectivity index (χ1) is 9.16. The Kier molecular flexibility index (Phi) is 5.23. The molecule has 1 aromatic rings. The van der Waals surface area contributed by atoms with E-state index in [1.165, 1.54) is 0 Å². The van der Waals surface area contributed by atoms with Crippen LogP contribution in [0.1, 0.15) is 25.3 Å². The second-order valence-corrected chi connectivity index (χ2v) is 5.66. The number of carbonyl (C=O) groups excluding carboxylic acids is 1. The molecule has 0 aromatic heterocycles. The third-order valence-corrected chi connectivity index (χ3v) is 3.91. The van der Waals surface area contributed by atoms with Crippen molar-refractivity contribution < 1.29 is 4.79 Å². The van der Waals surface area contributed by atoms with Crippen molar-refractivity contribution in [3.8, 4) is 0 Å². The molecule has 0 bridgehead atoms. The highest BCUT2D eigenvalue weighted by atomic mass is 35.5. The van der Waals surface area contributed by atoms with Gasteiger partial charge in [0, 0.05) is 17.6 Å². The molecule has 1 aromatic carbocycles.